The van der Waals surface area contributed by atoms with Crippen LogP contribution in [-0.4, -0.2) is 49.8 Å². The van der Waals surface area contributed by atoms with Gasteiger partial charge in [0.05, 0.1) is 6.10 Å². The van der Waals surface area contributed by atoms with Crippen molar-refractivity contribution >= 4 is 17.8 Å². The lowest BCUT2D eigenvalue weighted by Crippen LogP contribution is -2.47. The molecule has 6 unspecified atom stereocenters. The molecule has 0 radical (unpaired) electrons. The quantitative estimate of drug-likeness (QED) is 0.580. The Morgan fingerprint density at radius 1 is 1.25 bits per heavy atom. The highest BCUT2D eigenvalue weighted by Crippen LogP contribution is 2.55. The fraction of sp³-hybridized carbons (Fsp3) is 0.762. The molecule has 1 amide bonds. The van der Waals surface area contributed by atoms with Crippen LogP contribution in [0.3, 0.4) is 0 Å². The lowest BCUT2D eigenvalue weighted by molar-refractivity contribution is -0.165. The molecule has 0 aromatic rings. The predicted molar refractivity (Wildman–Crippen MR) is 101 cm³/mol. The Balaban J connectivity index is 1.64. The second kappa shape index (κ2) is 9.07. The van der Waals surface area contributed by atoms with Crippen LogP contribution in [0.15, 0.2) is 12.2 Å². The summed E-state index contributed by atoms with van der Waals surface area (Å²) in [5.74, 6) is -0.912. The highest BCUT2D eigenvalue weighted by molar-refractivity contribution is 5.88. The van der Waals surface area contributed by atoms with Gasteiger partial charge in [-0.05, 0) is 57.8 Å². The lowest BCUT2D eigenvalue weighted by atomic mass is 9.74. The zero-order valence-corrected chi connectivity index (χ0v) is 16.8. The average Bonchev–Trinajstić information content (AvgIpc) is 3.21. The van der Waals surface area contributed by atoms with Crippen LogP contribution in [0.25, 0.3) is 0 Å². The van der Waals surface area contributed by atoms with E-state index in [0.29, 0.717) is 12.5 Å². The summed E-state index contributed by atoms with van der Waals surface area (Å²) in [6.45, 7) is 8.03. The molecular formula is C21H31NO6. The molecule has 2 aliphatic carbocycles. The maximum Gasteiger partial charge on any atom is 0.344 e. The molecular weight excluding hydrogens is 362 g/mol. The maximum atomic E-state index is 12.9. The Labute approximate surface area is 166 Å². The molecule has 156 valence electrons. The molecule has 3 fully saturated rings. The van der Waals surface area contributed by atoms with Crippen molar-refractivity contribution < 1.29 is 28.6 Å². The molecule has 2 saturated carbocycles. The van der Waals surface area contributed by atoms with Crippen LogP contribution in [-0.2, 0) is 28.6 Å². The van der Waals surface area contributed by atoms with E-state index in [0.717, 1.165) is 38.7 Å². The van der Waals surface area contributed by atoms with Crippen LogP contribution >= 0.6 is 0 Å². The van der Waals surface area contributed by atoms with Gasteiger partial charge in [-0.3, -0.25) is 4.79 Å². The van der Waals surface area contributed by atoms with Crippen LogP contribution < -0.4 is 5.32 Å². The smallest absolute Gasteiger partial charge is 0.344 e. The maximum absolute atomic E-state index is 12.9. The van der Waals surface area contributed by atoms with Gasteiger partial charge in [0.25, 0.3) is 0 Å². The number of rotatable bonds is 4. The third-order valence-electron chi connectivity index (χ3n) is 6.31. The monoisotopic (exact) mass is 393 g/mol. The first kappa shape index (κ1) is 20.8. The Bertz CT molecular complexity index is 632. The topological polar surface area (TPSA) is 90.9 Å². The number of ether oxygens (including phenoxy) is 3. The van der Waals surface area contributed by atoms with Gasteiger partial charge in [-0.25, -0.2) is 9.59 Å². The van der Waals surface area contributed by atoms with Crippen molar-refractivity contribution in [3.05, 3.63) is 12.2 Å². The standard InChI is InChI=1S/C21H31NO6/c1-12(2)21(25)27-11-17(23)28-16-10-14-9-15(16)19-18(14)13(3)26-8-6-4-5-7-22-20(19)24/h13-16,18-19H,1,4-11H2,2-3H3,(H,22,24). The molecule has 2 bridgehead atoms. The van der Waals surface area contributed by atoms with Gasteiger partial charge in [0.15, 0.2) is 6.61 Å². The lowest BCUT2D eigenvalue weighted by Gasteiger charge is -2.37. The molecule has 6 atom stereocenters. The summed E-state index contributed by atoms with van der Waals surface area (Å²) in [4.78, 5) is 36.5. The summed E-state index contributed by atoms with van der Waals surface area (Å²) < 4.78 is 16.5. The highest BCUT2D eigenvalue weighted by atomic mass is 16.6. The summed E-state index contributed by atoms with van der Waals surface area (Å²) in [6.07, 6.45) is 4.28. The highest BCUT2D eigenvalue weighted by Gasteiger charge is 2.58. The molecule has 7 heteroatoms. The van der Waals surface area contributed by atoms with E-state index in [4.69, 9.17) is 14.2 Å². The van der Waals surface area contributed by atoms with Crippen LogP contribution in [0.5, 0.6) is 0 Å². The normalized spacial score (nSPS) is 35.3. The fourth-order valence-electron chi connectivity index (χ4n) is 5.09. The molecule has 0 aromatic heterocycles. The van der Waals surface area contributed by atoms with Crippen molar-refractivity contribution in [2.24, 2.45) is 23.7 Å². The fourth-order valence-corrected chi connectivity index (χ4v) is 5.09. The molecule has 3 aliphatic rings. The molecule has 0 spiro atoms. The molecule has 1 N–H and O–H groups in total. The SMILES string of the molecule is C=C(C)C(=O)OCC(=O)OC1CC2CC1C1C(=O)NCCCCCOC(C)C21. The first-order valence-electron chi connectivity index (χ1n) is 10.3. The first-order valence-corrected chi connectivity index (χ1v) is 10.3. The van der Waals surface area contributed by atoms with Gasteiger partial charge in [-0.2, -0.15) is 0 Å². The minimum atomic E-state index is -0.612. The van der Waals surface area contributed by atoms with Crippen LogP contribution in [0.1, 0.15) is 46.0 Å². The largest absolute Gasteiger partial charge is 0.460 e. The minimum absolute atomic E-state index is 0.0111. The molecule has 3 rings (SSSR count). The second-order valence-electron chi connectivity index (χ2n) is 8.31. The first-order chi connectivity index (χ1) is 13.4. The van der Waals surface area contributed by atoms with Gasteiger partial charge in [-0.15, -0.1) is 0 Å². The van der Waals surface area contributed by atoms with E-state index in [9.17, 15) is 14.4 Å². The number of hydrogen-bond acceptors (Lipinski definition) is 6. The average molecular weight is 393 g/mol. The number of fused-ring (bicyclic) bond motifs is 5. The minimum Gasteiger partial charge on any atom is -0.460 e. The van der Waals surface area contributed by atoms with E-state index in [2.05, 4.69) is 18.8 Å². The Kier molecular flexibility index (Phi) is 6.75. The van der Waals surface area contributed by atoms with Gasteiger partial charge >= 0.3 is 11.9 Å². The van der Waals surface area contributed by atoms with Gasteiger partial charge < -0.3 is 19.5 Å². The number of amides is 1. The summed E-state index contributed by atoms with van der Waals surface area (Å²) >= 11 is 0. The predicted octanol–water partition coefficient (Wildman–Crippen LogP) is 1.99. The summed E-state index contributed by atoms with van der Waals surface area (Å²) in [7, 11) is 0. The van der Waals surface area contributed by atoms with Crippen molar-refractivity contribution in [1.29, 1.82) is 0 Å². The number of hydrogen-bond donors (Lipinski definition) is 1. The molecule has 28 heavy (non-hydrogen) atoms. The Morgan fingerprint density at radius 2 is 2.04 bits per heavy atom. The van der Waals surface area contributed by atoms with Gasteiger partial charge in [-0.1, -0.05) is 6.58 Å². The zero-order valence-electron chi connectivity index (χ0n) is 16.8. The van der Waals surface area contributed by atoms with E-state index in [1.54, 1.807) is 0 Å². The summed E-state index contributed by atoms with van der Waals surface area (Å²) in [6, 6.07) is 0. The van der Waals surface area contributed by atoms with E-state index < -0.39 is 18.5 Å². The molecule has 1 aliphatic heterocycles. The number of esters is 2. The van der Waals surface area contributed by atoms with Crippen LogP contribution in [0, 0.1) is 23.7 Å². The molecule has 0 aromatic carbocycles. The summed E-state index contributed by atoms with van der Waals surface area (Å²) in [5, 5.41) is 3.07. The molecule has 1 heterocycles. The Morgan fingerprint density at radius 3 is 2.79 bits per heavy atom. The van der Waals surface area contributed by atoms with Crippen molar-refractivity contribution in [3.63, 3.8) is 0 Å². The van der Waals surface area contributed by atoms with Gasteiger partial charge in [0, 0.05) is 30.6 Å². The van der Waals surface area contributed by atoms with Crippen molar-refractivity contribution in [2.45, 2.75) is 58.2 Å². The van der Waals surface area contributed by atoms with Crippen LogP contribution in [0.4, 0.5) is 0 Å². The van der Waals surface area contributed by atoms with Crippen molar-refractivity contribution in [3.8, 4) is 0 Å². The van der Waals surface area contributed by atoms with Gasteiger partial charge in [0.2, 0.25) is 5.91 Å². The van der Waals surface area contributed by atoms with E-state index in [-0.39, 0.29) is 41.4 Å². The number of nitrogens with one attached hydrogen (secondary N) is 1. The van der Waals surface area contributed by atoms with E-state index in [1.807, 2.05) is 0 Å². The molecule has 1 saturated heterocycles. The summed E-state index contributed by atoms with van der Waals surface area (Å²) in [5.41, 5.74) is 0.235. The number of carbonyl (C=O) groups is 3. The van der Waals surface area contributed by atoms with E-state index in [1.165, 1.54) is 6.92 Å². The van der Waals surface area contributed by atoms with E-state index >= 15 is 0 Å². The van der Waals surface area contributed by atoms with Crippen molar-refractivity contribution in [2.75, 3.05) is 19.8 Å². The number of carbonyl (C=O) groups excluding carboxylic acids is 3. The van der Waals surface area contributed by atoms with Crippen molar-refractivity contribution in [1.82, 2.24) is 5.32 Å². The second-order valence-corrected chi connectivity index (χ2v) is 8.31. The van der Waals surface area contributed by atoms with Gasteiger partial charge in [0.1, 0.15) is 6.10 Å². The molecule has 7 nitrogen and oxygen atoms in total. The third kappa shape index (κ3) is 4.57. The zero-order chi connectivity index (χ0) is 20.3. The van der Waals surface area contributed by atoms with Crippen LogP contribution in [0.2, 0.25) is 0 Å². The third-order valence-corrected chi connectivity index (χ3v) is 6.31. The Hall–Kier alpha value is -1.89.